The molecule has 0 atom stereocenters. The zero-order chi connectivity index (χ0) is 15.2. The fourth-order valence-corrected chi connectivity index (χ4v) is 2.45. The van der Waals surface area contributed by atoms with Crippen LogP contribution in [0, 0.1) is 17.5 Å². The van der Waals surface area contributed by atoms with Gasteiger partial charge in [-0.05, 0) is 38.1 Å². The van der Waals surface area contributed by atoms with Crippen molar-refractivity contribution in [1.82, 2.24) is 4.90 Å². The lowest BCUT2D eigenvalue weighted by Gasteiger charge is -2.19. The van der Waals surface area contributed by atoms with Crippen molar-refractivity contribution in [1.29, 1.82) is 0 Å². The number of rotatable bonds is 4. The fraction of sp³-hybridized carbons (Fsp3) is 0.533. The molecule has 1 heterocycles. The van der Waals surface area contributed by atoms with Gasteiger partial charge in [0.1, 0.15) is 0 Å². The second-order valence-electron chi connectivity index (χ2n) is 5.28. The number of halogens is 3. The second kappa shape index (κ2) is 7.45. The third-order valence-corrected chi connectivity index (χ3v) is 3.66. The largest absolute Gasteiger partial charge is 0.323 e. The molecule has 0 aliphatic carbocycles. The van der Waals surface area contributed by atoms with E-state index in [-0.39, 0.29) is 12.1 Å². The third kappa shape index (κ3) is 4.46. The van der Waals surface area contributed by atoms with Gasteiger partial charge in [0.2, 0.25) is 5.91 Å². The minimum atomic E-state index is -1.57. The van der Waals surface area contributed by atoms with Crippen LogP contribution in [0.3, 0.4) is 0 Å². The van der Waals surface area contributed by atoms with Gasteiger partial charge >= 0.3 is 0 Å². The molecule has 0 radical (unpaired) electrons. The van der Waals surface area contributed by atoms with Crippen molar-refractivity contribution in [2.24, 2.45) is 0 Å². The first-order chi connectivity index (χ1) is 10.1. The highest BCUT2D eigenvalue weighted by atomic mass is 19.2. The van der Waals surface area contributed by atoms with Gasteiger partial charge in [0.25, 0.3) is 0 Å². The Bertz CT molecular complexity index is 500. The van der Waals surface area contributed by atoms with Crippen LogP contribution >= 0.6 is 0 Å². The average molecular weight is 300 g/mol. The summed E-state index contributed by atoms with van der Waals surface area (Å²) >= 11 is 0. The Morgan fingerprint density at radius 2 is 1.71 bits per heavy atom. The molecule has 1 amide bonds. The quantitative estimate of drug-likeness (QED) is 0.865. The first kappa shape index (κ1) is 15.8. The molecule has 3 nitrogen and oxygen atoms in total. The lowest BCUT2D eigenvalue weighted by Crippen LogP contribution is -2.29. The number of hydrogen-bond acceptors (Lipinski definition) is 2. The SMILES string of the molecule is O=C(CCN1CCCCCC1)Nc1ccc(F)c(F)c1F. The monoisotopic (exact) mass is 300 g/mol. The summed E-state index contributed by atoms with van der Waals surface area (Å²) in [5.41, 5.74) is -0.324. The topological polar surface area (TPSA) is 32.3 Å². The number of anilines is 1. The van der Waals surface area contributed by atoms with Gasteiger partial charge < -0.3 is 10.2 Å². The van der Waals surface area contributed by atoms with E-state index in [1.54, 1.807) is 0 Å². The lowest BCUT2D eigenvalue weighted by atomic mass is 10.2. The summed E-state index contributed by atoms with van der Waals surface area (Å²) in [7, 11) is 0. The van der Waals surface area contributed by atoms with Gasteiger partial charge in [-0.3, -0.25) is 4.79 Å². The van der Waals surface area contributed by atoms with Gasteiger partial charge in [-0.2, -0.15) is 0 Å². The maximum atomic E-state index is 13.4. The van der Waals surface area contributed by atoms with Crippen LogP contribution in [0.1, 0.15) is 32.1 Å². The van der Waals surface area contributed by atoms with Gasteiger partial charge in [0.15, 0.2) is 17.5 Å². The Hall–Kier alpha value is -1.56. The van der Waals surface area contributed by atoms with Crippen LogP contribution in [0.4, 0.5) is 18.9 Å². The van der Waals surface area contributed by atoms with Crippen molar-refractivity contribution in [2.45, 2.75) is 32.1 Å². The number of benzene rings is 1. The van der Waals surface area contributed by atoms with Crippen LogP contribution in [0.5, 0.6) is 0 Å². The molecule has 1 fully saturated rings. The molecular formula is C15H19F3N2O. The van der Waals surface area contributed by atoms with Crippen molar-refractivity contribution in [3.05, 3.63) is 29.6 Å². The molecule has 6 heteroatoms. The number of hydrogen-bond donors (Lipinski definition) is 1. The number of nitrogens with zero attached hydrogens (tertiary/aromatic N) is 1. The number of amides is 1. The van der Waals surface area contributed by atoms with Crippen molar-refractivity contribution < 1.29 is 18.0 Å². The molecule has 1 aliphatic heterocycles. The first-order valence-electron chi connectivity index (χ1n) is 7.23. The highest BCUT2D eigenvalue weighted by Gasteiger charge is 2.16. The van der Waals surface area contributed by atoms with E-state index in [1.807, 2.05) is 0 Å². The number of likely N-dealkylation sites (tertiary alicyclic amines) is 1. The summed E-state index contributed by atoms with van der Waals surface area (Å²) in [6.45, 7) is 2.52. The zero-order valence-corrected chi connectivity index (χ0v) is 11.8. The average Bonchev–Trinajstić information content (AvgIpc) is 2.74. The Kier molecular flexibility index (Phi) is 5.61. The molecule has 1 saturated heterocycles. The van der Waals surface area contributed by atoms with E-state index < -0.39 is 23.4 Å². The Morgan fingerprint density at radius 3 is 2.38 bits per heavy atom. The summed E-state index contributed by atoms with van der Waals surface area (Å²) in [5, 5.41) is 2.29. The molecule has 1 N–H and O–H groups in total. The van der Waals surface area contributed by atoms with Gasteiger partial charge in [-0.25, -0.2) is 13.2 Å². The van der Waals surface area contributed by atoms with E-state index in [0.717, 1.165) is 38.1 Å². The molecule has 1 aliphatic rings. The van der Waals surface area contributed by atoms with Crippen molar-refractivity contribution >= 4 is 11.6 Å². The van der Waals surface area contributed by atoms with E-state index in [0.29, 0.717) is 6.54 Å². The predicted octanol–water partition coefficient (Wildman–Crippen LogP) is 3.31. The van der Waals surface area contributed by atoms with Crippen LogP contribution in [0.2, 0.25) is 0 Å². The Balaban J connectivity index is 1.85. The van der Waals surface area contributed by atoms with E-state index >= 15 is 0 Å². The van der Waals surface area contributed by atoms with E-state index in [9.17, 15) is 18.0 Å². The summed E-state index contributed by atoms with van der Waals surface area (Å²) < 4.78 is 39.3. The van der Waals surface area contributed by atoms with Gasteiger partial charge in [0.05, 0.1) is 5.69 Å². The van der Waals surface area contributed by atoms with Gasteiger partial charge in [-0.1, -0.05) is 12.8 Å². The maximum Gasteiger partial charge on any atom is 0.225 e. The van der Waals surface area contributed by atoms with Crippen molar-refractivity contribution in [2.75, 3.05) is 25.0 Å². The highest BCUT2D eigenvalue weighted by molar-refractivity contribution is 5.90. The van der Waals surface area contributed by atoms with Crippen molar-refractivity contribution in [3.8, 4) is 0 Å². The Morgan fingerprint density at radius 1 is 1.05 bits per heavy atom. The van der Waals surface area contributed by atoms with Crippen LogP contribution < -0.4 is 5.32 Å². The van der Waals surface area contributed by atoms with E-state index in [4.69, 9.17) is 0 Å². The second-order valence-corrected chi connectivity index (χ2v) is 5.28. The summed E-state index contributed by atoms with van der Waals surface area (Å²) in [5.74, 6) is -4.60. The van der Waals surface area contributed by atoms with Crippen molar-refractivity contribution in [3.63, 3.8) is 0 Å². The normalized spacial score (nSPS) is 16.5. The molecule has 0 unspecified atom stereocenters. The smallest absolute Gasteiger partial charge is 0.225 e. The lowest BCUT2D eigenvalue weighted by molar-refractivity contribution is -0.116. The number of carbonyl (C=O) groups is 1. The maximum absolute atomic E-state index is 13.4. The minimum absolute atomic E-state index is 0.207. The first-order valence-corrected chi connectivity index (χ1v) is 7.23. The highest BCUT2D eigenvalue weighted by Crippen LogP contribution is 2.19. The zero-order valence-electron chi connectivity index (χ0n) is 11.8. The molecule has 1 aromatic rings. The molecular weight excluding hydrogens is 281 g/mol. The minimum Gasteiger partial charge on any atom is -0.323 e. The molecule has 0 saturated carbocycles. The van der Waals surface area contributed by atoms with E-state index in [2.05, 4.69) is 10.2 Å². The molecule has 2 rings (SSSR count). The molecule has 0 bridgehead atoms. The predicted molar refractivity (Wildman–Crippen MR) is 74.5 cm³/mol. The molecule has 116 valence electrons. The van der Waals surface area contributed by atoms with Crippen LogP contribution in [-0.4, -0.2) is 30.4 Å². The molecule has 21 heavy (non-hydrogen) atoms. The number of carbonyl (C=O) groups excluding carboxylic acids is 1. The fourth-order valence-electron chi connectivity index (χ4n) is 2.45. The van der Waals surface area contributed by atoms with Crippen LogP contribution in [-0.2, 0) is 4.79 Å². The summed E-state index contributed by atoms with van der Waals surface area (Å²) in [6.07, 6.45) is 4.88. The third-order valence-electron chi connectivity index (χ3n) is 3.66. The standard InChI is InChI=1S/C15H19F3N2O/c16-11-5-6-12(15(18)14(11)17)19-13(21)7-10-20-8-3-1-2-4-9-20/h5-6H,1-4,7-10H2,(H,19,21). The molecule has 0 aromatic heterocycles. The molecule has 1 aromatic carbocycles. The van der Waals surface area contributed by atoms with Gasteiger partial charge in [-0.15, -0.1) is 0 Å². The summed E-state index contributed by atoms with van der Waals surface area (Å²) in [4.78, 5) is 14.0. The van der Waals surface area contributed by atoms with E-state index in [1.165, 1.54) is 12.8 Å². The summed E-state index contributed by atoms with van der Waals surface area (Å²) in [6, 6.07) is 1.82. The number of nitrogens with one attached hydrogen (secondary N) is 1. The van der Waals surface area contributed by atoms with Crippen LogP contribution in [0.25, 0.3) is 0 Å². The molecule has 0 spiro atoms. The Labute approximate surface area is 122 Å². The van der Waals surface area contributed by atoms with Crippen LogP contribution in [0.15, 0.2) is 12.1 Å². The van der Waals surface area contributed by atoms with Gasteiger partial charge in [0, 0.05) is 13.0 Å².